The Morgan fingerprint density at radius 1 is 1.46 bits per heavy atom. The van der Waals surface area contributed by atoms with Crippen LogP contribution in [0, 0.1) is 5.92 Å². The molecule has 1 aromatic carbocycles. The second-order valence-electron chi connectivity index (χ2n) is 6.51. The highest BCUT2D eigenvalue weighted by molar-refractivity contribution is 5.92. The molecule has 1 N–H and O–H groups in total. The summed E-state index contributed by atoms with van der Waals surface area (Å²) < 4.78 is 10.6. The van der Waals surface area contributed by atoms with E-state index in [0.717, 1.165) is 12.0 Å². The highest BCUT2D eigenvalue weighted by atomic mass is 16.5. The average Bonchev–Trinajstić information content (AvgIpc) is 2.63. The van der Waals surface area contributed by atoms with Crippen LogP contribution >= 0.6 is 0 Å². The number of fused-ring (bicyclic) bond motifs is 1. The Hall–Kier alpha value is -2.08. The molecule has 1 aliphatic rings. The number of ether oxygens (including phenoxy) is 2. The number of hydrogen-bond acceptors (Lipinski definition) is 4. The summed E-state index contributed by atoms with van der Waals surface area (Å²) in [7, 11) is 1.48. The zero-order valence-electron chi connectivity index (χ0n) is 14.8. The maximum atomic E-state index is 12.5. The summed E-state index contributed by atoms with van der Waals surface area (Å²) in [4.78, 5) is 26.0. The lowest BCUT2D eigenvalue weighted by molar-refractivity contribution is -0.137. The van der Waals surface area contributed by atoms with Crippen LogP contribution < -0.4 is 10.1 Å². The summed E-state index contributed by atoms with van der Waals surface area (Å²) in [5.74, 6) is 0.994. The third kappa shape index (κ3) is 4.71. The van der Waals surface area contributed by atoms with E-state index in [1.165, 1.54) is 7.11 Å². The molecule has 1 unspecified atom stereocenters. The minimum absolute atomic E-state index is 0.00295. The van der Waals surface area contributed by atoms with E-state index in [4.69, 9.17) is 9.47 Å². The van der Waals surface area contributed by atoms with Gasteiger partial charge in [-0.3, -0.25) is 9.59 Å². The maximum Gasteiger partial charge on any atom is 0.263 e. The van der Waals surface area contributed by atoms with Crippen LogP contribution in [0.4, 0.5) is 5.69 Å². The molecular formula is C18H26N2O4. The van der Waals surface area contributed by atoms with Crippen LogP contribution in [-0.4, -0.2) is 43.1 Å². The van der Waals surface area contributed by atoms with Crippen molar-refractivity contribution < 1.29 is 19.1 Å². The Labute approximate surface area is 143 Å². The molecule has 0 radical (unpaired) electrons. The minimum Gasteiger partial charge on any atom is -0.481 e. The third-order valence-electron chi connectivity index (χ3n) is 3.92. The molecule has 1 aliphatic heterocycles. The number of carbonyl (C=O) groups is 2. The summed E-state index contributed by atoms with van der Waals surface area (Å²) in [5, 5.41) is 2.78. The van der Waals surface area contributed by atoms with Gasteiger partial charge in [-0.25, -0.2) is 0 Å². The molecule has 1 atom stereocenters. The normalized spacial score (nSPS) is 17.3. The van der Waals surface area contributed by atoms with Gasteiger partial charge in [0.25, 0.3) is 5.91 Å². The summed E-state index contributed by atoms with van der Waals surface area (Å²) in [6.45, 7) is 7.24. The fourth-order valence-electron chi connectivity index (χ4n) is 2.61. The van der Waals surface area contributed by atoms with E-state index in [-0.39, 0.29) is 18.4 Å². The van der Waals surface area contributed by atoms with Gasteiger partial charge in [0.05, 0.1) is 0 Å². The molecule has 2 rings (SSSR count). The lowest BCUT2D eigenvalue weighted by atomic mass is 10.1. The third-order valence-corrected chi connectivity index (χ3v) is 3.92. The number of rotatable bonds is 6. The van der Waals surface area contributed by atoms with Crippen LogP contribution in [0.5, 0.6) is 5.75 Å². The molecule has 0 aromatic heterocycles. The number of hydrogen-bond donors (Lipinski definition) is 1. The minimum atomic E-state index is -0.507. The van der Waals surface area contributed by atoms with E-state index in [9.17, 15) is 9.59 Å². The van der Waals surface area contributed by atoms with Gasteiger partial charge in [0.15, 0.2) is 6.10 Å². The van der Waals surface area contributed by atoms with E-state index in [1.54, 1.807) is 19.1 Å². The Morgan fingerprint density at radius 3 is 2.88 bits per heavy atom. The molecule has 0 spiro atoms. The van der Waals surface area contributed by atoms with Crippen molar-refractivity contribution in [3.63, 3.8) is 0 Å². The molecule has 0 bridgehead atoms. The number of carbonyl (C=O) groups excluding carboxylic acids is 2. The van der Waals surface area contributed by atoms with Gasteiger partial charge in [-0.05, 0) is 37.5 Å². The van der Waals surface area contributed by atoms with Crippen LogP contribution in [0.1, 0.15) is 32.8 Å². The van der Waals surface area contributed by atoms with Crippen molar-refractivity contribution in [3.05, 3.63) is 23.8 Å². The smallest absolute Gasteiger partial charge is 0.263 e. The van der Waals surface area contributed by atoms with E-state index < -0.39 is 6.10 Å². The second kappa shape index (κ2) is 8.15. The maximum absolute atomic E-state index is 12.5. The monoisotopic (exact) mass is 334 g/mol. The molecule has 6 nitrogen and oxygen atoms in total. The van der Waals surface area contributed by atoms with Crippen molar-refractivity contribution in [2.75, 3.05) is 25.6 Å². The molecule has 1 heterocycles. The zero-order chi connectivity index (χ0) is 17.7. The molecule has 0 saturated heterocycles. The number of methoxy groups -OCH3 is 1. The van der Waals surface area contributed by atoms with Gasteiger partial charge < -0.3 is 19.7 Å². The van der Waals surface area contributed by atoms with Crippen LogP contribution in [0.3, 0.4) is 0 Å². The highest BCUT2D eigenvalue weighted by Gasteiger charge is 2.27. The quantitative estimate of drug-likeness (QED) is 0.867. The molecule has 24 heavy (non-hydrogen) atoms. The van der Waals surface area contributed by atoms with Gasteiger partial charge >= 0.3 is 0 Å². The first kappa shape index (κ1) is 18.3. The van der Waals surface area contributed by atoms with E-state index in [0.29, 0.717) is 30.4 Å². The number of amides is 2. The van der Waals surface area contributed by atoms with Crippen LogP contribution in [0.15, 0.2) is 18.2 Å². The molecule has 0 fully saturated rings. The average molecular weight is 334 g/mol. The van der Waals surface area contributed by atoms with Gasteiger partial charge in [-0.1, -0.05) is 13.8 Å². The highest BCUT2D eigenvalue weighted by Crippen LogP contribution is 2.29. The SMILES string of the molecule is COCC(=O)Nc1ccc2c(c1)CN(CCC(C)C)C(=O)C(C)O2. The first-order valence-corrected chi connectivity index (χ1v) is 8.28. The predicted octanol–water partition coefficient (Wildman–Crippen LogP) is 2.43. The number of benzene rings is 1. The Morgan fingerprint density at radius 2 is 2.21 bits per heavy atom. The lowest BCUT2D eigenvalue weighted by Crippen LogP contribution is -2.38. The fourth-order valence-corrected chi connectivity index (χ4v) is 2.61. The molecule has 0 saturated carbocycles. The zero-order valence-corrected chi connectivity index (χ0v) is 14.8. The molecule has 6 heteroatoms. The van der Waals surface area contributed by atoms with Gasteiger partial charge in [-0.2, -0.15) is 0 Å². The first-order valence-electron chi connectivity index (χ1n) is 8.28. The number of anilines is 1. The topological polar surface area (TPSA) is 67.9 Å². The molecular weight excluding hydrogens is 308 g/mol. The van der Waals surface area contributed by atoms with Gasteiger partial charge in [0.2, 0.25) is 5.91 Å². The fraction of sp³-hybridized carbons (Fsp3) is 0.556. The van der Waals surface area contributed by atoms with Crippen molar-refractivity contribution in [1.29, 1.82) is 0 Å². The Bertz CT molecular complexity index is 601. The van der Waals surface area contributed by atoms with Crippen molar-refractivity contribution in [2.24, 2.45) is 5.92 Å². The lowest BCUT2D eigenvalue weighted by Gasteiger charge is -2.23. The Kier molecular flexibility index (Phi) is 6.20. The van der Waals surface area contributed by atoms with E-state index >= 15 is 0 Å². The molecule has 1 aromatic rings. The van der Waals surface area contributed by atoms with Gasteiger partial charge in [0, 0.05) is 31.5 Å². The van der Waals surface area contributed by atoms with Crippen LogP contribution in [-0.2, 0) is 20.9 Å². The predicted molar refractivity (Wildman–Crippen MR) is 91.9 cm³/mol. The molecule has 2 amide bonds. The summed E-state index contributed by atoms with van der Waals surface area (Å²) >= 11 is 0. The summed E-state index contributed by atoms with van der Waals surface area (Å²) in [6, 6.07) is 5.43. The summed E-state index contributed by atoms with van der Waals surface area (Å²) in [5.41, 5.74) is 1.57. The van der Waals surface area contributed by atoms with Crippen LogP contribution in [0.2, 0.25) is 0 Å². The second-order valence-corrected chi connectivity index (χ2v) is 6.51. The van der Waals surface area contributed by atoms with Crippen molar-refractivity contribution in [3.8, 4) is 5.75 Å². The largest absolute Gasteiger partial charge is 0.481 e. The molecule has 132 valence electrons. The van der Waals surface area contributed by atoms with Crippen molar-refractivity contribution in [1.82, 2.24) is 4.90 Å². The Balaban J connectivity index is 2.19. The van der Waals surface area contributed by atoms with Crippen molar-refractivity contribution >= 4 is 17.5 Å². The number of nitrogens with zero attached hydrogens (tertiary/aromatic N) is 1. The standard InChI is InChI=1S/C18H26N2O4/c1-12(2)7-8-20-10-14-9-15(19-17(21)11-23-4)5-6-16(14)24-13(3)18(20)22/h5-6,9,12-13H,7-8,10-11H2,1-4H3,(H,19,21). The summed E-state index contributed by atoms with van der Waals surface area (Å²) in [6.07, 6.45) is 0.435. The van der Waals surface area contributed by atoms with E-state index in [1.807, 2.05) is 11.0 Å². The van der Waals surface area contributed by atoms with Gasteiger partial charge in [0.1, 0.15) is 12.4 Å². The van der Waals surface area contributed by atoms with Gasteiger partial charge in [-0.15, -0.1) is 0 Å². The number of nitrogens with one attached hydrogen (secondary N) is 1. The molecule has 0 aliphatic carbocycles. The van der Waals surface area contributed by atoms with Crippen LogP contribution in [0.25, 0.3) is 0 Å². The first-order chi connectivity index (χ1) is 11.4. The van der Waals surface area contributed by atoms with Crippen molar-refractivity contribution in [2.45, 2.75) is 39.8 Å². The van der Waals surface area contributed by atoms with E-state index in [2.05, 4.69) is 19.2 Å².